The quantitative estimate of drug-likeness (QED) is 0.863. The van der Waals surface area contributed by atoms with Crippen molar-refractivity contribution < 1.29 is 18.7 Å². The van der Waals surface area contributed by atoms with Crippen molar-refractivity contribution in [3.63, 3.8) is 0 Å². The van der Waals surface area contributed by atoms with E-state index in [4.69, 9.17) is 16.3 Å². The molecule has 2 amide bonds. The fourth-order valence-electron chi connectivity index (χ4n) is 2.28. The van der Waals surface area contributed by atoms with E-state index >= 15 is 0 Å². The maximum absolute atomic E-state index is 13.0. The highest BCUT2D eigenvalue weighted by Crippen LogP contribution is 2.30. The van der Waals surface area contributed by atoms with Gasteiger partial charge in [-0.25, -0.2) is 9.29 Å². The van der Waals surface area contributed by atoms with Crippen LogP contribution in [0.25, 0.3) is 0 Å². The number of amides is 2. The monoisotopic (exact) mass is 346 g/mol. The first-order valence-electron chi connectivity index (χ1n) is 6.96. The number of hydrogen-bond donors (Lipinski definition) is 1. The lowest BCUT2D eigenvalue weighted by molar-refractivity contribution is -0.120. The number of halogens is 2. The number of anilines is 2. The van der Waals surface area contributed by atoms with E-state index in [1.54, 1.807) is 24.3 Å². The molecule has 1 heterocycles. The van der Waals surface area contributed by atoms with E-state index in [0.29, 0.717) is 11.4 Å². The molecule has 0 fully saturated rings. The topological polar surface area (TPSA) is 58.6 Å². The third-order valence-electron chi connectivity index (χ3n) is 3.45. The molecule has 0 unspecified atom stereocenters. The predicted molar refractivity (Wildman–Crippen MR) is 88.4 cm³/mol. The summed E-state index contributed by atoms with van der Waals surface area (Å²) in [5.41, 5.74) is 0.746. The number of carbonyl (C=O) groups excluding carboxylic acids is 2. The molecule has 0 saturated heterocycles. The van der Waals surface area contributed by atoms with E-state index in [-0.39, 0.29) is 16.4 Å². The van der Waals surface area contributed by atoms with Gasteiger partial charge in [0.2, 0.25) is 0 Å². The fraction of sp³-hybridized carbons (Fsp3) is 0.0588. The van der Waals surface area contributed by atoms with E-state index in [9.17, 15) is 14.0 Å². The molecule has 0 spiro atoms. The number of ether oxygens (including phenoxy) is 1. The van der Waals surface area contributed by atoms with Gasteiger partial charge in [0.1, 0.15) is 22.3 Å². The van der Waals surface area contributed by atoms with Crippen LogP contribution in [-0.4, -0.2) is 18.9 Å². The van der Waals surface area contributed by atoms with Crippen molar-refractivity contribution >= 4 is 34.8 Å². The van der Waals surface area contributed by atoms with Crippen molar-refractivity contribution in [2.45, 2.75) is 0 Å². The number of hydrogen-bond acceptors (Lipinski definition) is 4. The Hall–Kier alpha value is -2.86. The minimum Gasteiger partial charge on any atom is -0.497 e. The van der Waals surface area contributed by atoms with Gasteiger partial charge in [-0.1, -0.05) is 17.7 Å². The number of imide groups is 1. The average Bonchev–Trinajstić information content (AvgIpc) is 2.80. The van der Waals surface area contributed by atoms with Gasteiger partial charge in [0.15, 0.2) is 0 Å². The van der Waals surface area contributed by atoms with Crippen molar-refractivity contribution in [1.29, 1.82) is 0 Å². The molecule has 3 rings (SSSR count). The Kier molecular flexibility index (Phi) is 4.22. The summed E-state index contributed by atoms with van der Waals surface area (Å²) in [6.45, 7) is 0. The van der Waals surface area contributed by atoms with Crippen LogP contribution in [0.4, 0.5) is 15.8 Å². The van der Waals surface area contributed by atoms with Crippen molar-refractivity contribution in [2.24, 2.45) is 0 Å². The third kappa shape index (κ3) is 2.83. The lowest BCUT2D eigenvalue weighted by Crippen LogP contribution is -2.32. The van der Waals surface area contributed by atoms with E-state index < -0.39 is 17.6 Å². The Balaban J connectivity index is 1.90. The van der Waals surface area contributed by atoms with E-state index in [1.807, 2.05) is 0 Å². The highest BCUT2D eigenvalue weighted by Gasteiger charge is 2.38. The zero-order valence-corrected chi connectivity index (χ0v) is 13.3. The highest BCUT2D eigenvalue weighted by atomic mass is 35.5. The van der Waals surface area contributed by atoms with Crippen LogP contribution in [-0.2, 0) is 9.59 Å². The summed E-state index contributed by atoms with van der Waals surface area (Å²) in [7, 11) is 1.52. The molecule has 5 nitrogen and oxygen atoms in total. The first-order chi connectivity index (χ1) is 11.5. The minimum atomic E-state index is -0.668. The van der Waals surface area contributed by atoms with Crippen LogP contribution in [0.2, 0.25) is 0 Å². The number of nitrogens with one attached hydrogen (secondary N) is 1. The summed E-state index contributed by atoms with van der Waals surface area (Å²) in [5.74, 6) is -1.16. The van der Waals surface area contributed by atoms with Crippen molar-refractivity contribution in [2.75, 3.05) is 17.3 Å². The van der Waals surface area contributed by atoms with Crippen LogP contribution in [0, 0.1) is 5.82 Å². The average molecular weight is 347 g/mol. The standard InChI is InChI=1S/C17H12ClFN2O3/c1-24-13-4-2-3-11(9-13)20-15-14(18)16(22)21(17(15)23)12-7-5-10(19)6-8-12/h2-9,20H,1H3. The van der Waals surface area contributed by atoms with Gasteiger partial charge < -0.3 is 10.1 Å². The largest absolute Gasteiger partial charge is 0.497 e. The van der Waals surface area contributed by atoms with Gasteiger partial charge >= 0.3 is 0 Å². The van der Waals surface area contributed by atoms with Gasteiger partial charge in [0.25, 0.3) is 11.8 Å². The zero-order valence-electron chi connectivity index (χ0n) is 12.5. The maximum Gasteiger partial charge on any atom is 0.283 e. The van der Waals surface area contributed by atoms with Gasteiger partial charge in [0, 0.05) is 11.8 Å². The van der Waals surface area contributed by atoms with Gasteiger partial charge in [0.05, 0.1) is 12.8 Å². The molecule has 7 heteroatoms. The molecule has 0 atom stereocenters. The predicted octanol–water partition coefficient (Wildman–Crippen LogP) is 3.27. The molecule has 0 aliphatic carbocycles. The van der Waals surface area contributed by atoms with E-state index in [1.165, 1.54) is 19.2 Å². The summed E-state index contributed by atoms with van der Waals surface area (Å²) in [5, 5.41) is 2.61. The molecule has 1 aliphatic heterocycles. The van der Waals surface area contributed by atoms with Crippen LogP contribution in [0.1, 0.15) is 0 Å². The number of benzene rings is 2. The SMILES string of the molecule is COc1cccc(NC2=C(Cl)C(=O)N(c3ccc(F)cc3)C2=O)c1. The Morgan fingerprint density at radius 2 is 1.79 bits per heavy atom. The molecule has 2 aromatic rings. The number of carbonyl (C=O) groups is 2. The number of nitrogens with zero attached hydrogens (tertiary/aromatic N) is 1. The molecule has 0 bridgehead atoms. The first-order valence-corrected chi connectivity index (χ1v) is 7.34. The van der Waals surface area contributed by atoms with Crippen molar-refractivity contribution in [3.05, 3.63) is 65.1 Å². The molecule has 1 aliphatic rings. The Morgan fingerprint density at radius 1 is 1.08 bits per heavy atom. The second kappa shape index (κ2) is 6.33. The van der Waals surface area contributed by atoms with Gasteiger partial charge in [-0.2, -0.15) is 0 Å². The summed E-state index contributed by atoms with van der Waals surface area (Å²) in [4.78, 5) is 25.7. The molecule has 0 aromatic heterocycles. The molecule has 0 radical (unpaired) electrons. The summed E-state index contributed by atoms with van der Waals surface area (Å²) >= 11 is 6.02. The summed E-state index contributed by atoms with van der Waals surface area (Å²) in [6.07, 6.45) is 0. The van der Waals surface area contributed by atoms with Crippen LogP contribution >= 0.6 is 11.6 Å². The molecule has 2 aromatic carbocycles. The molecule has 0 saturated carbocycles. The second-order valence-electron chi connectivity index (χ2n) is 4.97. The van der Waals surface area contributed by atoms with Crippen LogP contribution < -0.4 is 15.0 Å². The van der Waals surface area contributed by atoms with Crippen LogP contribution in [0.5, 0.6) is 5.75 Å². The summed E-state index contributed by atoms with van der Waals surface area (Å²) in [6, 6.07) is 11.8. The molecule has 122 valence electrons. The van der Waals surface area contributed by atoms with Gasteiger partial charge in [-0.15, -0.1) is 0 Å². The molecular formula is C17H12ClFN2O3. The lowest BCUT2D eigenvalue weighted by Gasteiger charge is -2.15. The summed E-state index contributed by atoms with van der Waals surface area (Å²) < 4.78 is 18.1. The van der Waals surface area contributed by atoms with E-state index in [2.05, 4.69) is 5.32 Å². The normalized spacial score (nSPS) is 14.4. The smallest absolute Gasteiger partial charge is 0.283 e. The molecule has 24 heavy (non-hydrogen) atoms. The molecular weight excluding hydrogens is 335 g/mol. The second-order valence-corrected chi connectivity index (χ2v) is 5.35. The van der Waals surface area contributed by atoms with Crippen LogP contribution in [0.15, 0.2) is 59.3 Å². The van der Waals surface area contributed by atoms with Crippen molar-refractivity contribution in [3.8, 4) is 5.75 Å². The highest BCUT2D eigenvalue weighted by molar-refractivity contribution is 6.53. The number of methoxy groups -OCH3 is 1. The van der Waals surface area contributed by atoms with Gasteiger partial charge in [-0.05, 0) is 36.4 Å². The molecule has 1 N–H and O–H groups in total. The minimum absolute atomic E-state index is 0.0424. The Labute approximate surface area is 142 Å². The lowest BCUT2D eigenvalue weighted by atomic mass is 10.2. The fourth-order valence-corrected chi connectivity index (χ4v) is 2.49. The maximum atomic E-state index is 13.0. The third-order valence-corrected chi connectivity index (χ3v) is 3.80. The first kappa shape index (κ1) is 16.0. The van der Waals surface area contributed by atoms with Crippen LogP contribution in [0.3, 0.4) is 0 Å². The zero-order chi connectivity index (χ0) is 17.3. The Bertz CT molecular complexity index is 849. The van der Waals surface area contributed by atoms with Gasteiger partial charge in [-0.3, -0.25) is 9.59 Å². The Morgan fingerprint density at radius 3 is 2.46 bits per heavy atom. The van der Waals surface area contributed by atoms with E-state index in [0.717, 1.165) is 17.0 Å². The number of rotatable bonds is 4. The van der Waals surface area contributed by atoms with Crippen molar-refractivity contribution in [1.82, 2.24) is 0 Å².